The van der Waals surface area contributed by atoms with Gasteiger partial charge in [0.2, 0.25) is 0 Å². The number of rotatable bonds is 4. The molecule has 0 radical (unpaired) electrons. The highest BCUT2D eigenvalue weighted by molar-refractivity contribution is 5.33. The molecule has 1 aliphatic rings. The van der Waals surface area contributed by atoms with E-state index in [4.69, 9.17) is 0 Å². The van der Waals surface area contributed by atoms with Crippen molar-refractivity contribution < 1.29 is 0 Å². The predicted molar refractivity (Wildman–Crippen MR) is 74.7 cm³/mol. The maximum absolute atomic E-state index is 4.35. The lowest BCUT2D eigenvalue weighted by molar-refractivity contribution is 0.142. The topological polar surface area (TPSA) is 32.3 Å². The molecule has 0 N–H and O–H groups in total. The number of likely N-dealkylation sites (tertiary alicyclic amines) is 1. The summed E-state index contributed by atoms with van der Waals surface area (Å²) in [5, 5.41) is 0. The van der Waals surface area contributed by atoms with E-state index in [1.54, 1.807) is 12.4 Å². The van der Waals surface area contributed by atoms with Gasteiger partial charge in [-0.1, -0.05) is 0 Å². The van der Waals surface area contributed by atoms with Crippen molar-refractivity contribution in [2.45, 2.75) is 32.7 Å². The summed E-state index contributed by atoms with van der Waals surface area (Å²) in [5.74, 6) is 1.72. The minimum absolute atomic E-state index is 0.662. The van der Waals surface area contributed by atoms with Crippen LogP contribution in [0.5, 0.6) is 0 Å². The van der Waals surface area contributed by atoms with E-state index >= 15 is 0 Å². The fourth-order valence-electron chi connectivity index (χ4n) is 2.68. The molecule has 0 spiro atoms. The molecule has 4 nitrogen and oxygen atoms in total. The first-order valence-corrected chi connectivity index (χ1v) is 6.88. The van der Waals surface area contributed by atoms with Crippen molar-refractivity contribution in [1.82, 2.24) is 14.9 Å². The van der Waals surface area contributed by atoms with Gasteiger partial charge in [0.05, 0.1) is 6.20 Å². The summed E-state index contributed by atoms with van der Waals surface area (Å²) < 4.78 is 0. The minimum atomic E-state index is 0.662. The molecule has 2 heterocycles. The van der Waals surface area contributed by atoms with Crippen LogP contribution in [-0.4, -0.2) is 47.6 Å². The molecule has 0 aliphatic carbocycles. The van der Waals surface area contributed by atoms with Crippen LogP contribution in [0.3, 0.4) is 0 Å². The number of anilines is 1. The first-order valence-electron chi connectivity index (χ1n) is 6.88. The van der Waals surface area contributed by atoms with E-state index in [1.165, 1.54) is 25.9 Å². The second-order valence-corrected chi connectivity index (χ2v) is 5.54. The summed E-state index contributed by atoms with van der Waals surface area (Å²) in [7, 11) is 2.11. The average Bonchev–Trinajstić information content (AvgIpc) is 2.40. The Morgan fingerprint density at radius 3 is 2.94 bits per heavy atom. The van der Waals surface area contributed by atoms with Crippen LogP contribution >= 0.6 is 0 Å². The molecule has 0 bridgehead atoms. The van der Waals surface area contributed by atoms with Crippen LogP contribution in [0.4, 0.5) is 5.82 Å². The number of hydrogen-bond acceptors (Lipinski definition) is 4. The lowest BCUT2D eigenvalue weighted by atomic mass is 9.96. The SMILES string of the molecule is CC(C)N1CCC[C@H](CN(C)c2cnccn2)C1. The van der Waals surface area contributed by atoms with Crippen molar-refractivity contribution in [2.24, 2.45) is 5.92 Å². The molecule has 0 amide bonds. The van der Waals surface area contributed by atoms with Crippen molar-refractivity contribution in [1.29, 1.82) is 0 Å². The van der Waals surface area contributed by atoms with Crippen LogP contribution in [0.15, 0.2) is 18.6 Å². The summed E-state index contributed by atoms with van der Waals surface area (Å²) in [4.78, 5) is 13.3. The molecular formula is C14H24N4. The molecule has 0 saturated carbocycles. The smallest absolute Gasteiger partial charge is 0.146 e. The molecule has 1 aromatic rings. The van der Waals surface area contributed by atoms with Gasteiger partial charge in [0, 0.05) is 38.6 Å². The standard InChI is InChI=1S/C14H24N4/c1-12(2)18-8-4-5-13(11-18)10-17(3)14-9-15-6-7-16-14/h6-7,9,12-13H,4-5,8,10-11H2,1-3H3/t13-/m1/s1. The summed E-state index contributed by atoms with van der Waals surface area (Å²) in [6.45, 7) is 8.11. The number of aromatic nitrogens is 2. The largest absolute Gasteiger partial charge is 0.358 e. The third kappa shape index (κ3) is 3.42. The quantitative estimate of drug-likeness (QED) is 0.816. The first kappa shape index (κ1) is 13.3. The Morgan fingerprint density at radius 1 is 1.44 bits per heavy atom. The molecule has 1 atom stereocenters. The lowest BCUT2D eigenvalue weighted by Crippen LogP contribution is -2.43. The summed E-state index contributed by atoms with van der Waals surface area (Å²) in [5.41, 5.74) is 0. The third-order valence-electron chi connectivity index (χ3n) is 3.75. The predicted octanol–water partition coefficient (Wildman–Crippen LogP) is 2.03. The Morgan fingerprint density at radius 2 is 2.28 bits per heavy atom. The van der Waals surface area contributed by atoms with E-state index in [1.807, 2.05) is 6.20 Å². The Balaban J connectivity index is 1.89. The third-order valence-corrected chi connectivity index (χ3v) is 3.75. The van der Waals surface area contributed by atoms with Gasteiger partial charge in [-0.15, -0.1) is 0 Å². The maximum Gasteiger partial charge on any atom is 0.146 e. The summed E-state index contributed by atoms with van der Waals surface area (Å²) >= 11 is 0. The number of hydrogen-bond donors (Lipinski definition) is 0. The van der Waals surface area contributed by atoms with Crippen molar-refractivity contribution in [3.63, 3.8) is 0 Å². The van der Waals surface area contributed by atoms with Crippen molar-refractivity contribution in [3.8, 4) is 0 Å². The van der Waals surface area contributed by atoms with Crippen molar-refractivity contribution in [3.05, 3.63) is 18.6 Å². The molecule has 18 heavy (non-hydrogen) atoms. The van der Waals surface area contributed by atoms with E-state index in [-0.39, 0.29) is 0 Å². The minimum Gasteiger partial charge on any atom is -0.358 e. The van der Waals surface area contributed by atoms with Gasteiger partial charge in [0.25, 0.3) is 0 Å². The van der Waals surface area contributed by atoms with E-state index in [0.29, 0.717) is 6.04 Å². The van der Waals surface area contributed by atoms with Gasteiger partial charge in [-0.05, 0) is 39.2 Å². The molecule has 0 aromatic carbocycles. The zero-order chi connectivity index (χ0) is 13.0. The number of nitrogens with zero attached hydrogens (tertiary/aromatic N) is 4. The van der Waals surface area contributed by atoms with Gasteiger partial charge in [0.15, 0.2) is 0 Å². The van der Waals surface area contributed by atoms with Crippen LogP contribution in [0.2, 0.25) is 0 Å². The molecule has 4 heteroatoms. The molecule has 1 aliphatic heterocycles. The highest BCUT2D eigenvalue weighted by atomic mass is 15.2. The van der Waals surface area contributed by atoms with Crippen molar-refractivity contribution in [2.75, 3.05) is 31.6 Å². The normalized spacial score (nSPS) is 21.2. The Bertz CT molecular complexity index is 352. The molecule has 100 valence electrons. The van der Waals surface area contributed by atoms with E-state index in [9.17, 15) is 0 Å². The Hall–Kier alpha value is -1.16. The van der Waals surface area contributed by atoms with Crippen LogP contribution in [0, 0.1) is 5.92 Å². The molecule has 0 unspecified atom stereocenters. The molecule has 1 aromatic heterocycles. The highest BCUT2D eigenvalue weighted by Gasteiger charge is 2.22. The Kier molecular flexibility index (Phi) is 4.53. The van der Waals surface area contributed by atoms with Crippen LogP contribution in [0.1, 0.15) is 26.7 Å². The van der Waals surface area contributed by atoms with Crippen LogP contribution in [-0.2, 0) is 0 Å². The second kappa shape index (κ2) is 6.14. The van der Waals surface area contributed by atoms with E-state index in [2.05, 4.69) is 40.7 Å². The van der Waals surface area contributed by atoms with Crippen molar-refractivity contribution >= 4 is 5.82 Å². The molecule has 1 fully saturated rings. The molecule has 1 saturated heterocycles. The van der Waals surface area contributed by atoms with Gasteiger partial charge in [-0.2, -0.15) is 0 Å². The first-order chi connectivity index (χ1) is 8.66. The van der Waals surface area contributed by atoms with Crippen LogP contribution < -0.4 is 4.90 Å². The monoisotopic (exact) mass is 248 g/mol. The van der Waals surface area contributed by atoms with Gasteiger partial charge in [0.1, 0.15) is 5.82 Å². The van der Waals surface area contributed by atoms with E-state index in [0.717, 1.165) is 18.3 Å². The second-order valence-electron chi connectivity index (χ2n) is 5.54. The van der Waals surface area contributed by atoms with Gasteiger partial charge >= 0.3 is 0 Å². The molecular weight excluding hydrogens is 224 g/mol. The zero-order valence-corrected chi connectivity index (χ0v) is 11.7. The summed E-state index contributed by atoms with van der Waals surface area (Å²) in [6.07, 6.45) is 7.96. The fraction of sp³-hybridized carbons (Fsp3) is 0.714. The zero-order valence-electron chi connectivity index (χ0n) is 11.7. The van der Waals surface area contributed by atoms with Gasteiger partial charge in [-0.25, -0.2) is 4.98 Å². The van der Waals surface area contributed by atoms with E-state index < -0.39 is 0 Å². The maximum atomic E-state index is 4.35. The highest BCUT2D eigenvalue weighted by Crippen LogP contribution is 2.20. The average molecular weight is 248 g/mol. The van der Waals surface area contributed by atoms with Gasteiger partial charge in [-0.3, -0.25) is 4.98 Å². The lowest BCUT2D eigenvalue weighted by Gasteiger charge is -2.37. The van der Waals surface area contributed by atoms with Gasteiger partial charge < -0.3 is 9.80 Å². The number of piperidine rings is 1. The Labute approximate surface area is 110 Å². The molecule has 2 rings (SSSR count). The summed E-state index contributed by atoms with van der Waals surface area (Å²) in [6, 6.07) is 0.662. The van der Waals surface area contributed by atoms with Crippen LogP contribution in [0.25, 0.3) is 0 Å². The fourth-order valence-corrected chi connectivity index (χ4v) is 2.68.